The van der Waals surface area contributed by atoms with Crippen LogP contribution < -0.4 is 23.4 Å². The Morgan fingerprint density at radius 1 is 1.17 bits per heavy atom. The van der Waals surface area contributed by atoms with Gasteiger partial charge in [0.1, 0.15) is 0 Å². The fraction of sp³-hybridized carbons (Fsp3) is 0.250. The van der Waals surface area contributed by atoms with Gasteiger partial charge >= 0.3 is 0 Å². The number of anilines is 2. The molecule has 12 heavy (non-hydrogen) atoms. The van der Waals surface area contributed by atoms with Crippen LogP contribution >= 0.6 is 0 Å². The third-order valence-corrected chi connectivity index (χ3v) is 1.29. The first-order valence-electron chi connectivity index (χ1n) is 3.42. The van der Waals surface area contributed by atoms with E-state index in [-0.39, 0.29) is 12.3 Å². The average Bonchev–Trinajstić information content (AvgIpc) is 1.95. The Labute approximate surface area is 73.3 Å². The zero-order valence-corrected chi connectivity index (χ0v) is 7.51. The molecule has 9 N–H and O–H groups in total. The molecule has 1 rings (SSSR count). The number of rotatable bonds is 2. The minimum Gasteiger partial charge on any atom is -0.399 e. The standard InChI is InChI=1S/C8H12N2.2H3N/c1-2-10-8-5-3-7(9)4-6-8;;/h3-6,10H,2,9H2,1H3;2*1H3. The van der Waals surface area contributed by atoms with Crippen LogP contribution in [0.5, 0.6) is 0 Å². The summed E-state index contributed by atoms with van der Waals surface area (Å²) in [6, 6.07) is 7.72. The fourth-order valence-electron chi connectivity index (χ4n) is 0.805. The molecular weight excluding hydrogens is 152 g/mol. The van der Waals surface area contributed by atoms with Gasteiger partial charge in [0.05, 0.1) is 0 Å². The zero-order chi connectivity index (χ0) is 7.40. The molecule has 0 aliphatic heterocycles. The van der Waals surface area contributed by atoms with Gasteiger partial charge in [-0.1, -0.05) is 0 Å². The second-order valence-electron chi connectivity index (χ2n) is 2.15. The van der Waals surface area contributed by atoms with Gasteiger partial charge < -0.3 is 23.4 Å². The second kappa shape index (κ2) is 6.45. The largest absolute Gasteiger partial charge is 0.399 e. The Morgan fingerprint density at radius 3 is 2.08 bits per heavy atom. The van der Waals surface area contributed by atoms with Gasteiger partial charge in [0, 0.05) is 17.9 Å². The number of nitrogens with two attached hydrogens (primary N) is 1. The second-order valence-corrected chi connectivity index (χ2v) is 2.15. The number of hydrogen-bond donors (Lipinski definition) is 4. The molecule has 0 amide bonds. The van der Waals surface area contributed by atoms with Gasteiger partial charge in [0.25, 0.3) is 0 Å². The Kier molecular flexibility index (Phi) is 7.17. The molecule has 70 valence electrons. The first-order valence-corrected chi connectivity index (χ1v) is 3.42. The van der Waals surface area contributed by atoms with Crippen LogP contribution in [0.4, 0.5) is 11.4 Å². The van der Waals surface area contributed by atoms with Crippen molar-refractivity contribution in [2.45, 2.75) is 6.92 Å². The SMILES string of the molecule is CCNc1ccc(N)cc1.N.N. The molecule has 0 aliphatic carbocycles. The summed E-state index contributed by atoms with van der Waals surface area (Å²) < 4.78 is 0. The van der Waals surface area contributed by atoms with Crippen LogP contribution in [0, 0.1) is 0 Å². The summed E-state index contributed by atoms with van der Waals surface area (Å²) in [4.78, 5) is 0. The molecule has 0 spiro atoms. The van der Waals surface area contributed by atoms with Gasteiger partial charge in [-0.25, -0.2) is 0 Å². The lowest BCUT2D eigenvalue weighted by molar-refractivity contribution is 1.21. The van der Waals surface area contributed by atoms with Crippen LogP contribution in [-0.4, -0.2) is 6.54 Å². The summed E-state index contributed by atoms with van der Waals surface area (Å²) in [5, 5.41) is 3.18. The van der Waals surface area contributed by atoms with Crippen LogP contribution in [0.3, 0.4) is 0 Å². The molecule has 1 aromatic rings. The highest BCUT2D eigenvalue weighted by molar-refractivity contribution is 5.50. The van der Waals surface area contributed by atoms with Crippen LogP contribution in [-0.2, 0) is 0 Å². The maximum absolute atomic E-state index is 5.50. The lowest BCUT2D eigenvalue weighted by Crippen LogP contribution is -1.95. The molecule has 0 atom stereocenters. The summed E-state index contributed by atoms with van der Waals surface area (Å²) in [7, 11) is 0. The third-order valence-electron chi connectivity index (χ3n) is 1.29. The maximum Gasteiger partial charge on any atom is 0.0341 e. The third kappa shape index (κ3) is 3.80. The van der Waals surface area contributed by atoms with E-state index in [0.29, 0.717) is 0 Å². The summed E-state index contributed by atoms with van der Waals surface area (Å²) in [5.74, 6) is 0. The summed E-state index contributed by atoms with van der Waals surface area (Å²) in [6.45, 7) is 3.01. The van der Waals surface area contributed by atoms with Crippen LogP contribution in [0.25, 0.3) is 0 Å². The molecule has 0 aromatic heterocycles. The van der Waals surface area contributed by atoms with E-state index in [4.69, 9.17) is 5.73 Å². The van der Waals surface area contributed by atoms with E-state index in [1.807, 2.05) is 24.3 Å². The highest BCUT2D eigenvalue weighted by Crippen LogP contribution is 2.09. The average molecular weight is 170 g/mol. The van der Waals surface area contributed by atoms with Gasteiger partial charge in [-0.2, -0.15) is 0 Å². The summed E-state index contributed by atoms with van der Waals surface area (Å²) >= 11 is 0. The summed E-state index contributed by atoms with van der Waals surface area (Å²) in [6.07, 6.45) is 0. The first-order chi connectivity index (χ1) is 4.83. The first kappa shape index (κ1) is 13.3. The Morgan fingerprint density at radius 2 is 1.67 bits per heavy atom. The van der Waals surface area contributed by atoms with E-state index in [1.165, 1.54) is 0 Å². The zero-order valence-electron chi connectivity index (χ0n) is 7.51. The van der Waals surface area contributed by atoms with Crippen molar-refractivity contribution in [1.82, 2.24) is 12.3 Å². The summed E-state index contributed by atoms with van der Waals surface area (Å²) in [5.41, 5.74) is 7.42. The molecule has 0 saturated heterocycles. The van der Waals surface area contributed by atoms with Crippen molar-refractivity contribution in [3.8, 4) is 0 Å². The minimum absolute atomic E-state index is 0. The molecule has 1 aromatic carbocycles. The molecule has 0 radical (unpaired) electrons. The monoisotopic (exact) mass is 170 g/mol. The number of benzene rings is 1. The highest BCUT2D eigenvalue weighted by atomic mass is 14.8. The molecule has 0 fully saturated rings. The van der Waals surface area contributed by atoms with Crippen molar-refractivity contribution in [2.75, 3.05) is 17.6 Å². The van der Waals surface area contributed by atoms with E-state index in [2.05, 4.69) is 12.2 Å². The van der Waals surface area contributed by atoms with E-state index < -0.39 is 0 Å². The van der Waals surface area contributed by atoms with Crippen molar-refractivity contribution >= 4 is 11.4 Å². The van der Waals surface area contributed by atoms with E-state index in [9.17, 15) is 0 Å². The van der Waals surface area contributed by atoms with Gasteiger partial charge in [-0.15, -0.1) is 0 Å². The van der Waals surface area contributed by atoms with E-state index in [0.717, 1.165) is 17.9 Å². The smallest absolute Gasteiger partial charge is 0.0341 e. The van der Waals surface area contributed by atoms with Crippen molar-refractivity contribution < 1.29 is 0 Å². The normalized spacial score (nSPS) is 7.75. The predicted octanol–water partition coefficient (Wildman–Crippen LogP) is 2.02. The quantitative estimate of drug-likeness (QED) is 0.509. The van der Waals surface area contributed by atoms with Crippen LogP contribution in [0.1, 0.15) is 6.92 Å². The van der Waals surface area contributed by atoms with E-state index in [1.54, 1.807) is 0 Å². The molecule has 0 aliphatic rings. The lowest BCUT2D eigenvalue weighted by Gasteiger charge is -2.01. The Bertz CT molecular complexity index is 195. The molecule has 0 heterocycles. The maximum atomic E-state index is 5.50. The van der Waals surface area contributed by atoms with Crippen molar-refractivity contribution in [2.24, 2.45) is 0 Å². The number of hydrogen-bond acceptors (Lipinski definition) is 4. The molecule has 0 bridgehead atoms. The van der Waals surface area contributed by atoms with Crippen molar-refractivity contribution in [1.29, 1.82) is 0 Å². The van der Waals surface area contributed by atoms with Crippen molar-refractivity contribution in [3.05, 3.63) is 24.3 Å². The minimum atomic E-state index is 0. The van der Waals surface area contributed by atoms with Gasteiger partial charge in [0.2, 0.25) is 0 Å². The van der Waals surface area contributed by atoms with Gasteiger partial charge in [-0.05, 0) is 31.2 Å². The molecule has 4 heteroatoms. The van der Waals surface area contributed by atoms with Crippen LogP contribution in [0.2, 0.25) is 0 Å². The van der Waals surface area contributed by atoms with Gasteiger partial charge in [0.15, 0.2) is 0 Å². The number of nitrogen functional groups attached to an aromatic ring is 1. The highest BCUT2D eigenvalue weighted by Gasteiger charge is 1.86. The molecule has 0 saturated carbocycles. The van der Waals surface area contributed by atoms with E-state index >= 15 is 0 Å². The topological polar surface area (TPSA) is 108 Å². The van der Waals surface area contributed by atoms with Crippen LogP contribution in [0.15, 0.2) is 24.3 Å². The van der Waals surface area contributed by atoms with Crippen molar-refractivity contribution in [3.63, 3.8) is 0 Å². The predicted molar refractivity (Wildman–Crippen MR) is 55.1 cm³/mol. The number of nitrogens with one attached hydrogen (secondary N) is 1. The molecule has 0 unspecified atom stereocenters. The Balaban J connectivity index is 0. The van der Waals surface area contributed by atoms with Gasteiger partial charge in [-0.3, -0.25) is 0 Å². The fourth-order valence-corrected chi connectivity index (χ4v) is 0.805. The molecular formula is C8H18N4. The Hall–Kier alpha value is -1.26. The lowest BCUT2D eigenvalue weighted by atomic mass is 10.3. The molecule has 4 nitrogen and oxygen atoms in total.